The molecule has 0 atom stereocenters. The van der Waals surface area contributed by atoms with Gasteiger partial charge in [-0.3, -0.25) is 4.90 Å². The van der Waals surface area contributed by atoms with Crippen LogP contribution in [-0.4, -0.2) is 35.2 Å². The molecule has 7 heteroatoms. The number of carbonyl (C=O) groups is 1. The Labute approximate surface area is 125 Å². The number of aromatic carboxylic acids is 1. The van der Waals surface area contributed by atoms with Crippen molar-refractivity contribution in [2.24, 2.45) is 5.92 Å². The number of benzene rings is 1. The van der Waals surface area contributed by atoms with Gasteiger partial charge in [-0.1, -0.05) is 17.7 Å². The van der Waals surface area contributed by atoms with Crippen LogP contribution in [0.25, 0.3) is 0 Å². The van der Waals surface area contributed by atoms with Crippen LogP contribution < -0.4 is 0 Å². The maximum Gasteiger partial charge on any atom is 0.391 e. The van der Waals surface area contributed by atoms with E-state index in [0.717, 1.165) is 5.56 Å². The Balaban J connectivity index is 1.96. The number of carboxylic acid groups (broad SMARTS) is 1. The van der Waals surface area contributed by atoms with Gasteiger partial charge in [-0.25, -0.2) is 4.79 Å². The van der Waals surface area contributed by atoms with E-state index in [9.17, 15) is 18.0 Å². The predicted molar refractivity (Wildman–Crippen MR) is 72.5 cm³/mol. The summed E-state index contributed by atoms with van der Waals surface area (Å²) in [5.41, 5.74) is 0.826. The molecule has 1 fully saturated rings. The molecular formula is C14H15ClF3NO2. The molecule has 1 heterocycles. The van der Waals surface area contributed by atoms with Crippen LogP contribution >= 0.6 is 11.6 Å². The van der Waals surface area contributed by atoms with E-state index in [0.29, 0.717) is 24.7 Å². The van der Waals surface area contributed by atoms with Gasteiger partial charge in [0.05, 0.1) is 11.5 Å². The summed E-state index contributed by atoms with van der Waals surface area (Å²) in [6.07, 6.45) is -3.93. The highest BCUT2D eigenvalue weighted by Gasteiger charge is 2.40. The van der Waals surface area contributed by atoms with Crippen molar-refractivity contribution in [1.82, 2.24) is 4.90 Å². The minimum Gasteiger partial charge on any atom is -0.478 e. The van der Waals surface area contributed by atoms with Crippen molar-refractivity contribution in [2.75, 3.05) is 13.1 Å². The first-order chi connectivity index (χ1) is 9.77. The van der Waals surface area contributed by atoms with E-state index < -0.39 is 18.1 Å². The highest BCUT2D eigenvalue weighted by Crippen LogP contribution is 2.34. The first-order valence-electron chi connectivity index (χ1n) is 6.58. The van der Waals surface area contributed by atoms with Crippen LogP contribution in [0.15, 0.2) is 18.2 Å². The number of likely N-dealkylation sites (tertiary alicyclic amines) is 1. The summed E-state index contributed by atoms with van der Waals surface area (Å²) in [6, 6.07) is 4.43. The lowest BCUT2D eigenvalue weighted by Gasteiger charge is -2.33. The van der Waals surface area contributed by atoms with Gasteiger partial charge in [0.2, 0.25) is 0 Å². The zero-order chi connectivity index (χ0) is 15.6. The van der Waals surface area contributed by atoms with Gasteiger partial charge in [0.25, 0.3) is 0 Å². The largest absolute Gasteiger partial charge is 0.478 e. The average molecular weight is 322 g/mol. The summed E-state index contributed by atoms with van der Waals surface area (Å²) in [6.45, 7) is 1.16. The van der Waals surface area contributed by atoms with E-state index in [4.69, 9.17) is 16.7 Å². The van der Waals surface area contributed by atoms with Crippen molar-refractivity contribution in [2.45, 2.75) is 25.6 Å². The van der Waals surface area contributed by atoms with E-state index in [1.165, 1.54) is 12.1 Å². The minimum absolute atomic E-state index is 0.0916. The normalized spacial score (nSPS) is 17.9. The number of alkyl halides is 3. The van der Waals surface area contributed by atoms with Crippen LogP contribution in [0.4, 0.5) is 13.2 Å². The van der Waals surface area contributed by atoms with Gasteiger partial charge in [-0.05, 0) is 43.6 Å². The van der Waals surface area contributed by atoms with E-state index in [2.05, 4.69) is 0 Å². The maximum atomic E-state index is 12.6. The molecule has 0 aromatic heterocycles. The number of hydrogen-bond donors (Lipinski definition) is 1. The molecule has 0 spiro atoms. The summed E-state index contributed by atoms with van der Waals surface area (Å²) in [5, 5.41) is 9.18. The number of carboxylic acids is 1. The smallest absolute Gasteiger partial charge is 0.391 e. The Morgan fingerprint density at radius 3 is 2.43 bits per heavy atom. The van der Waals surface area contributed by atoms with Crippen molar-refractivity contribution in [1.29, 1.82) is 0 Å². The van der Waals surface area contributed by atoms with Gasteiger partial charge in [0.15, 0.2) is 0 Å². The van der Waals surface area contributed by atoms with Gasteiger partial charge < -0.3 is 5.11 Å². The SMILES string of the molecule is O=C(O)c1ccc(CN2CCC(C(F)(F)F)CC2)c(Cl)c1. The summed E-state index contributed by atoms with van der Waals surface area (Å²) in [5.74, 6) is -2.28. The number of piperidine rings is 1. The molecule has 0 bridgehead atoms. The third kappa shape index (κ3) is 4.11. The maximum absolute atomic E-state index is 12.6. The van der Waals surface area contributed by atoms with Crippen molar-refractivity contribution in [3.63, 3.8) is 0 Å². The van der Waals surface area contributed by atoms with Crippen molar-refractivity contribution in [3.05, 3.63) is 34.3 Å². The molecular weight excluding hydrogens is 307 g/mol. The Kier molecular flexibility index (Phi) is 4.78. The van der Waals surface area contributed by atoms with Gasteiger partial charge >= 0.3 is 12.1 Å². The lowest BCUT2D eigenvalue weighted by molar-refractivity contribution is -0.185. The van der Waals surface area contributed by atoms with Crippen molar-refractivity contribution < 1.29 is 23.1 Å². The van der Waals surface area contributed by atoms with Gasteiger partial charge in [-0.15, -0.1) is 0 Å². The molecule has 0 radical (unpaired) electrons. The monoisotopic (exact) mass is 321 g/mol. The Morgan fingerprint density at radius 2 is 1.95 bits per heavy atom. The molecule has 116 valence electrons. The van der Waals surface area contributed by atoms with Gasteiger partial charge in [0, 0.05) is 11.6 Å². The number of nitrogens with zero attached hydrogens (tertiary/aromatic N) is 1. The fraction of sp³-hybridized carbons (Fsp3) is 0.500. The van der Waals surface area contributed by atoms with Crippen LogP contribution in [0.2, 0.25) is 5.02 Å². The highest BCUT2D eigenvalue weighted by atomic mass is 35.5. The molecule has 0 unspecified atom stereocenters. The second-order valence-corrected chi connectivity index (χ2v) is 5.61. The first kappa shape index (κ1) is 16.1. The molecule has 0 amide bonds. The third-order valence-corrected chi connectivity index (χ3v) is 4.10. The molecule has 0 aliphatic carbocycles. The Hall–Kier alpha value is -1.27. The quantitative estimate of drug-likeness (QED) is 0.920. The number of hydrogen-bond acceptors (Lipinski definition) is 2. The molecule has 21 heavy (non-hydrogen) atoms. The van der Waals surface area contributed by atoms with Crippen LogP contribution in [0.3, 0.4) is 0 Å². The molecule has 3 nitrogen and oxygen atoms in total. The Bertz CT molecular complexity index is 525. The molecule has 1 saturated heterocycles. The van der Waals surface area contributed by atoms with Crippen molar-refractivity contribution in [3.8, 4) is 0 Å². The average Bonchev–Trinajstić information content (AvgIpc) is 2.40. The van der Waals surface area contributed by atoms with Crippen LogP contribution in [0.1, 0.15) is 28.8 Å². The minimum atomic E-state index is -4.12. The molecule has 0 saturated carbocycles. The lowest BCUT2D eigenvalue weighted by atomic mass is 9.96. The number of halogens is 4. The molecule has 1 N–H and O–H groups in total. The second kappa shape index (κ2) is 6.23. The third-order valence-electron chi connectivity index (χ3n) is 3.74. The zero-order valence-corrected chi connectivity index (χ0v) is 11.9. The molecule has 1 aliphatic rings. The summed E-state index contributed by atoms with van der Waals surface area (Å²) in [7, 11) is 0. The molecule has 2 rings (SSSR count). The highest BCUT2D eigenvalue weighted by molar-refractivity contribution is 6.31. The molecule has 1 aliphatic heterocycles. The second-order valence-electron chi connectivity index (χ2n) is 5.20. The van der Waals surface area contributed by atoms with Gasteiger partial charge in [0.1, 0.15) is 0 Å². The standard InChI is InChI=1S/C14H15ClF3NO2/c15-12-7-9(13(20)21)1-2-10(12)8-19-5-3-11(4-6-19)14(16,17)18/h1-2,7,11H,3-6,8H2,(H,20,21). The van der Waals surface area contributed by atoms with Crippen LogP contribution in [-0.2, 0) is 6.54 Å². The Morgan fingerprint density at radius 1 is 1.33 bits per heavy atom. The van der Waals surface area contributed by atoms with E-state index in [-0.39, 0.29) is 18.4 Å². The van der Waals surface area contributed by atoms with E-state index in [1.54, 1.807) is 6.07 Å². The molecule has 1 aromatic carbocycles. The van der Waals surface area contributed by atoms with Crippen LogP contribution in [0, 0.1) is 5.92 Å². The summed E-state index contributed by atoms with van der Waals surface area (Å²) >= 11 is 6.02. The molecule has 1 aromatic rings. The van der Waals surface area contributed by atoms with Crippen molar-refractivity contribution >= 4 is 17.6 Å². The fourth-order valence-electron chi connectivity index (χ4n) is 2.47. The number of rotatable bonds is 3. The van der Waals surface area contributed by atoms with Gasteiger partial charge in [-0.2, -0.15) is 13.2 Å². The fourth-order valence-corrected chi connectivity index (χ4v) is 2.71. The first-order valence-corrected chi connectivity index (χ1v) is 6.96. The van der Waals surface area contributed by atoms with E-state index in [1.807, 2.05) is 4.90 Å². The summed E-state index contributed by atoms with van der Waals surface area (Å²) < 4.78 is 37.8. The van der Waals surface area contributed by atoms with E-state index >= 15 is 0 Å². The topological polar surface area (TPSA) is 40.5 Å². The van der Waals surface area contributed by atoms with Crippen LogP contribution in [0.5, 0.6) is 0 Å². The predicted octanol–water partition coefficient (Wildman–Crippen LogP) is 3.81. The zero-order valence-electron chi connectivity index (χ0n) is 11.2. The summed E-state index contributed by atoms with van der Waals surface area (Å²) in [4.78, 5) is 12.7. The lowest BCUT2D eigenvalue weighted by Crippen LogP contribution is -2.38.